The molecule has 0 unspecified atom stereocenters. The normalized spacial score (nSPS) is 10.4. The molecule has 0 heterocycles. The number of hydrogen-bond acceptors (Lipinski definition) is 4. The van der Waals surface area contributed by atoms with E-state index in [1.54, 1.807) is 35.8 Å². The fraction of sp³-hybridized carbons (Fsp3) is 0.250. The van der Waals surface area contributed by atoms with Crippen LogP contribution in [0.15, 0.2) is 46.2 Å². The predicted molar refractivity (Wildman–Crippen MR) is 87.2 cm³/mol. The Morgan fingerprint density at radius 3 is 1.65 bits per heavy atom. The summed E-state index contributed by atoms with van der Waals surface area (Å²) in [5.41, 5.74) is 2.58. The summed E-state index contributed by atoms with van der Waals surface area (Å²) in [6.45, 7) is 4.27. The maximum absolute atomic E-state index is 5.42. The van der Waals surface area contributed by atoms with Crippen molar-refractivity contribution in [2.75, 3.05) is 14.2 Å². The molecule has 0 radical (unpaired) electrons. The van der Waals surface area contributed by atoms with E-state index < -0.39 is 0 Å². The summed E-state index contributed by atoms with van der Waals surface area (Å²) < 4.78 is 10.8. The number of hydrogen-bond donors (Lipinski definition) is 0. The van der Waals surface area contributed by atoms with Gasteiger partial charge < -0.3 is 9.47 Å². The minimum absolute atomic E-state index is 0.841. The molecule has 20 heavy (non-hydrogen) atoms. The van der Waals surface area contributed by atoms with Gasteiger partial charge in [-0.25, -0.2) is 0 Å². The maximum atomic E-state index is 5.42. The van der Waals surface area contributed by atoms with Crippen LogP contribution in [0.25, 0.3) is 0 Å². The lowest BCUT2D eigenvalue weighted by atomic mass is 10.2. The Hall–Kier alpha value is -1.26. The number of aryl methyl sites for hydroxylation is 2. The highest BCUT2D eigenvalue weighted by Crippen LogP contribution is 2.47. The Bertz CT molecular complexity index is 555. The van der Waals surface area contributed by atoms with Gasteiger partial charge >= 0.3 is 0 Å². The third-order valence-corrected chi connectivity index (χ3v) is 5.71. The Kier molecular flexibility index (Phi) is 5.26. The second-order valence-electron chi connectivity index (χ2n) is 4.38. The van der Waals surface area contributed by atoms with Gasteiger partial charge in [0.05, 0.1) is 14.2 Å². The molecule has 2 aromatic rings. The van der Waals surface area contributed by atoms with Crippen LogP contribution in [-0.2, 0) is 0 Å². The third kappa shape index (κ3) is 3.25. The summed E-state index contributed by atoms with van der Waals surface area (Å²) in [5, 5.41) is 0. The van der Waals surface area contributed by atoms with Gasteiger partial charge in [-0.15, -0.1) is 0 Å². The Balaban J connectivity index is 2.27. The Morgan fingerprint density at radius 2 is 1.15 bits per heavy atom. The van der Waals surface area contributed by atoms with E-state index in [-0.39, 0.29) is 0 Å². The van der Waals surface area contributed by atoms with Gasteiger partial charge in [-0.05, 0) is 47.9 Å². The first kappa shape index (κ1) is 15.1. The molecule has 0 spiro atoms. The average molecular weight is 306 g/mol. The van der Waals surface area contributed by atoms with Gasteiger partial charge in [0.25, 0.3) is 0 Å². The smallest absolute Gasteiger partial charge is 0.137 e. The van der Waals surface area contributed by atoms with Crippen LogP contribution in [0.5, 0.6) is 11.5 Å². The lowest BCUT2D eigenvalue weighted by molar-refractivity contribution is 0.377. The monoisotopic (exact) mass is 306 g/mol. The van der Waals surface area contributed by atoms with Crippen LogP contribution >= 0.6 is 21.6 Å². The van der Waals surface area contributed by atoms with Crippen LogP contribution in [0.3, 0.4) is 0 Å². The van der Waals surface area contributed by atoms with E-state index in [0.717, 1.165) is 16.4 Å². The highest BCUT2D eigenvalue weighted by Gasteiger charge is 2.12. The summed E-state index contributed by atoms with van der Waals surface area (Å²) in [6, 6.07) is 12.2. The molecule has 0 aromatic heterocycles. The van der Waals surface area contributed by atoms with Crippen molar-refractivity contribution < 1.29 is 9.47 Å². The number of ether oxygens (including phenoxy) is 2. The topological polar surface area (TPSA) is 18.5 Å². The van der Waals surface area contributed by atoms with Gasteiger partial charge in [-0.2, -0.15) is 0 Å². The van der Waals surface area contributed by atoms with Crippen molar-refractivity contribution in [3.8, 4) is 11.5 Å². The van der Waals surface area contributed by atoms with Gasteiger partial charge in [-0.3, -0.25) is 0 Å². The first-order valence-corrected chi connectivity index (χ1v) is 8.44. The van der Waals surface area contributed by atoms with Gasteiger partial charge in [0.2, 0.25) is 0 Å². The van der Waals surface area contributed by atoms with Crippen molar-refractivity contribution in [2.45, 2.75) is 23.6 Å². The Morgan fingerprint density at radius 1 is 0.700 bits per heavy atom. The Labute approximate surface area is 128 Å². The van der Waals surface area contributed by atoms with E-state index in [9.17, 15) is 0 Å². The largest absolute Gasteiger partial charge is 0.495 e. The molecular formula is C16H18O2S2. The lowest BCUT2D eigenvalue weighted by Gasteiger charge is -2.13. The summed E-state index contributed by atoms with van der Waals surface area (Å²) in [6.07, 6.45) is 0. The SMILES string of the molecule is COc1cccc(OC)c1SSc1c(C)cccc1C. The number of methoxy groups -OCH3 is 2. The zero-order chi connectivity index (χ0) is 14.5. The van der Waals surface area contributed by atoms with Crippen LogP contribution in [0.1, 0.15) is 11.1 Å². The zero-order valence-electron chi connectivity index (χ0n) is 12.1. The fourth-order valence-electron chi connectivity index (χ4n) is 1.91. The molecule has 0 fully saturated rings. The van der Waals surface area contributed by atoms with Crippen LogP contribution in [-0.4, -0.2) is 14.2 Å². The third-order valence-electron chi connectivity index (χ3n) is 3.00. The van der Waals surface area contributed by atoms with Crippen LogP contribution < -0.4 is 9.47 Å². The molecule has 0 saturated carbocycles. The van der Waals surface area contributed by atoms with Crippen molar-refractivity contribution in [3.63, 3.8) is 0 Å². The van der Waals surface area contributed by atoms with Crippen LogP contribution in [0.2, 0.25) is 0 Å². The van der Waals surface area contributed by atoms with Crippen molar-refractivity contribution >= 4 is 21.6 Å². The predicted octanol–water partition coefficient (Wildman–Crippen LogP) is 5.12. The van der Waals surface area contributed by atoms with E-state index in [0.29, 0.717) is 0 Å². The molecule has 0 aliphatic rings. The molecule has 0 bridgehead atoms. The molecule has 4 heteroatoms. The molecule has 2 rings (SSSR count). The summed E-state index contributed by atoms with van der Waals surface area (Å²) in [5.74, 6) is 1.68. The lowest BCUT2D eigenvalue weighted by Crippen LogP contribution is -1.90. The second-order valence-corrected chi connectivity index (χ2v) is 6.53. The average Bonchev–Trinajstić information content (AvgIpc) is 2.46. The fourth-order valence-corrected chi connectivity index (χ4v) is 4.73. The van der Waals surface area contributed by atoms with Crippen molar-refractivity contribution in [3.05, 3.63) is 47.5 Å². The number of rotatable bonds is 5. The maximum Gasteiger partial charge on any atom is 0.137 e. The van der Waals surface area contributed by atoms with E-state index >= 15 is 0 Å². The standard InChI is InChI=1S/C16H18O2S2/c1-11-7-5-8-12(2)15(11)19-20-16-13(17-3)9-6-10-14(16)18-4/h5-10H,1-4H3. The summed E-state index contributed by atoms with van der Waals surface area (Å²) >= 11 is 0. The summed E-state index contributed by atoms with van der Waals surface area (Å²) in [7, 11) is 6.78. The molecule has 2 aromatic carbocycles. The van der Waals surface area contributed by atoms with E-state index in [1.807, 2.05) is 18.2 Å². The van der Waals surface area contributed by atoms with Crippen LogP contribution in [0.4, 0.5) is 0 Å². The van der Waals surface area contributed by atoms with Crippen molar-refractivity contribution in [1.82, 2.24) is 0 Å². The first-order chi connectivity index (χ1) is 9.67. The van der Waals surface area contributed by atoms with E-state index in [4.69, 9.17) is 9.47 Å². The molecule has 106 valence electrons. The van der Waals surface area contributed by atoms with Crippen LogP contribution in [0, 0.1) is 13.8 Å². The van der Waals surface area contributed by atoms with Gasteiger partial charge in [0, 0.05) is 4.90 Å². The molecule has 0 aliphatic heterocycles. The molecule has 0 N–H and O–H groups in total. The summed E-state index contributed by atoms with van der Waals surface area (Å²) in [4.78, 5) is 2.32. The molecule has 0 amide bonds. The molecule has 0 saturated heterocycles. The zero-order valence-corrected chi connectivity index (χ0v) is 13.7. The van der Waals surface area contributed by atoms with Crippen molar-refractivity contribution in [1.29, 1.82) is 0 Å². The second kappa shape index (κ2) is 6.95. The molecular weight excluding hydrogens is 288 g/mol. The van der Waals surface area contributed by atoms with Gasteiger partial charge in [0.1, 0.15) is 16.4 Å². The quantitative estimate of drug-likeness (QED) is 0.713. The highest BCUT2D eigenvalue weighted by molar-refractivity contribution is 8.76. The van der Waals surface area contributed by atoms with Crippen molar-refractivity contribution in [2.24, 2.45) is 0 Å². The van der Waals surface area contributed by atoms with Gasteiger partial charge in [0.15, 0.2) is 0 Å². The van der Waals surface area contributed by atoms with E-state index in [1.165, 1.54) is 16.0 Å². The number of benzene rings is 2. The van der Waals surface area contributed by atoms with Gasteiger partial charge in [-0.1, -0.05) is 35.1 Å². The minimum Gasteiger partial charge on any atom is -0.495 e. The molecule has 0 aliphatic carbocycles. The highest BCUT2D eigenvalue weighted by atomic mass is 33.1. The molecule has 0 atom stereocenters. The first-order valence-electron chi connectivity index (χ1n) is 6.29. The molecule has 2 nitrogen and oxygen atoms in total. The van der Waals surface area contributed by atoms with E-state index in [2.05, 4.69) is 32.0 Å². The minimum atomic E-state index is 0.841.